The fourth-order valence-electron chi connectivity index (χ4n) is 2.14. The van der Waals surface area contributed by atoms with E-state index >= 15 is 0 Å². The molecule has 0 saturated heterocycles. The molecule has 0 spiro atoms. The van der Waals surface area contributed by atoms with Crippen LogP contribution in [0.15, 0.2) is 5.16 Å². The molecule has 1 amide bonds. The van der Waals surface area contributed by atoms with E-state index in [0.717, 1.165) is 12.8 Å². The van der Waals surface area contributed by atoms with E-state index in [1.807, 2.05) is 13.8 Å². The van der Waals surface area contributed by atoms with Crippen LogP contribution < -0.4 is 11.1 Å². The predicted molar refractivity (Wildman–Crippen MR) is 78.1 cm³/mol. The Kier molecular flexibility index (Phi) is 9.00. The van der Waals surface area contributed by atoms with Crippen LogP contribution in [0.4, 0.5) is 0 Å². The highest BCUT2D eigenvalue weighted by Gasteiger charge is 2.26. The number of nitrogens with one attached hydrogen (secondary N) is 1. The number of carbonyl (C=O) groups is 1. The summed E-state index contributed by atoms with van der Waals surface area (Å²) in [5.41, 5.74) is 5.58. The molecule has 5 heteroatoms. The van der Waals surface area contributed by atoms with Crippen molar-refractivity contribution in [3.63, 3.8) is 0 Å². The van der Waals surface area contributed by atoms with Crippen molar-refractivity contribution in [2.24, 2.45) is 28.6 Å². The van der Waals surface area contributed by atoms with E-state index in [0.29, 0.717) is 12.5 Å². The summed E-state index contributed by atoms with van der Waals surface area (Å²) in [5, 5.41) is 14.6. The summed E-state index contributed by atoms with van der Waals surface area (Å²) in [6, 6.07) is 0. The van der Waals surface area contributed by atoms with Crippen LogP contribution in [-0.2, 0) is 4.79 Å². The Balaban J connectivity index is 4.40. The van der Waals surface area contributed by atoms with Crippen LogP contribution in [0.5, 0.6) is 0 Å². The van der Waals surface area contributed by atoms with Crippen molar-refractivity contribution >= 4 is 11.7 Å². The quantitative estimate of drug-likeness (QED) is 0.260. The van der Waals surface area contributed by atoms with Crippen molar-refractivity contribution in [2.75, 3.05) is 6.54 Å². The second kappa shape index (κ2) is 9.64. The number of oxime groups is 1. The maximum atomic E-state index is 12.1. The van der Waals surface area contributed by atoms with Gasteiger partial charge in [0.25, 0.3) is 0 Å². The average Bonchev–Trinajstić information content (AvgIpc) is 2.38. The zero-order valence-electron chi connectivity index (χ0n) is 12.6. The Labute approximate surface area is 116 Å². The normalized spacial score (nSPS) is 15.3. The summed E-state index contributed by atoms with van der Waals surface area (Å²) in [4.78, 5) is 12.1. The highest BCUT2D eigenvalue weighted by Crippen LogP contribution is 2.14. The molecule has 0 rings (SSSR count). The van der Waals surface area contributed by atoms with Crippen molar-refractivity contribution in [3.8, 4) is 0 Å². The molecule has 0 aromatic heterocycles. The summed E-state index contributed by atoms with van der Waals surface area (Å²) in [6.07, 6.45) is 4.53. The van der Waals surface area contributed by atoms with Gasteiger partial charge in [-0.05, 0) is 18.3 Å². The van der Waals surface area contributed by atoms with Gasteiger partial charge in [-0.15, -0.1) is 0 Å². The Morgan fingerprint density at radius 2 is 2.00 bits per heavy atom. The third-order valence-corrected chi connectivity index (χ3v) is 3.49. The van der Waals surface area contributed by atoms with Crippen LogP contribution in [0.2, 0.25) is 0 Å². The SMILES string of the molecule is CCCCC(CC)CNC(=O)C(C(N)=NO)C(C)C. The first-order chi connectivity index (χ1) is 8.97. The first-order valence-electron chi connectivity index (χ1n) is 7.22. The minimum Gasteiger partial charge on any atom is -0.409 e. The number of amides is 1. The maximum absolute atomic E-state index is 12.1. The van der Waals surface area contributed by atoms with Crippen molar-refractivity contribution in [1.29, 1.82) is 0 Å². The zero-order chi connectivity index (χ0) is 14.8. The third-order valence-electron chi connectivity index (χ3n) is 3.49. The second-order valence-electron chi connectivity index (χ2n) is 5.41. The molecule has 0 fully saturated rings. The number of rotatable bonds is 9. The molecule has 0 aliphatic carbocycles. The predicted octanol–water partition coefficient (Wildman–Crippen LogP) is 2.34. The molecule has 0 aromatic carbocycles. The fraction of sp³-hybridized carbons (Fsp3) is 0.857. The van der Waals surface area contributed by atoms with Gasteiger partial charge in [0, 0.05) is 6.54 Å². The molecular weight excluding hydrogens is 242 g/mol. The monoisotopic (exact) mass is 271 g/mol. The lowest BCUT2D eigenvalue weighted by Crippen LogP contribution is -2.43. The smallest absolute Gasteiger partial charge is 0.231 e. The van der Waals surface area contributed by atoms with Crippen LogP contribution in [0.25, 0.3) is 0 Å². The van der Waals surface area contributed by atoms with Gasteiger partial charge in [0.2, 0.25) is 5.91 Å². The molecule has 2 atom stereocenters. The Morgan fingerprint density at radius 3 is 2.42 bits per heavy atom. The van der Waals surface area contributed by atoms with E-state index in [1.54, 1.807) is 0 Å². The summed E-state index contributed by atoms with van der Waals surface area (Å²) in [6.45, 7) is 8.74. The summed E-state index contributed by atoms with van der Waals surface area (Å²) < 4.78 is 0. The molecule has 0 radical (unpaired) electrons. The zero-order valence-corrected chi connectivity index (χ0v) is 12.6. The molecule has 4 N–H and O–H groups in total. The van der Waals surface area contributed by atoms with E-state index in [2.05, 4.69) is 24.3 Å². The van der Waals surface area contributed by atoms with E-state index in [-0.39, 0.29) is 17.7 Å². The van der Waals surface area contributed by atoms with Crippen LogP contribution in [0.3, 0.4) is 0 Å². The summed E-state index contributed by atoms with van der Waals surface area (Å²) >= 11 is 0. The first-order valence-corrected chi connectivity index (χ1v) is 7.22. The lowest BCUT2D eigenvalue weighted by molar-refractivity contribution is -0.124. The molecule has 5 nitrogen and oxygen atoms in total. The number of hydrogen-bond acceptors (Lipinski definition) is 3. The summed E-state index contributed by atoms with van der Waals surface area (Å²) in [7, 11) is 0. The van der Waals surface area contributed by atoms with Crippen LogP contribution in [0, 0.1) is 17.8 Å². The Hall–Kier alpha value is -1.26. The number of carbonyl (C=O) groups excluding carboxylic acids is 1. The van der Waals surface area contributed by atoms with Crippen LogP contribution >= 0.6 is 0 Å². The molecule has 0 aliphatic heterocycles. The molecule has 112 valence electrons. The van der Waals surface area contributed by atoms with Gasteiger partial charge < -0.3 is 16.3 Å². The minimum absolute atomic E-state index is 0.00613. The maximum Gasteiger partial charge on any atom is 0.231 e. The van der Waals surface area contributed by atoms with Gasteiger partial charge in [-0.1, -0.05) is 52.1 Å². The van der Waals surface area contributed by atoms with Gasteiger partial charge in [0.05, 0.1) is 0 Å². The molecule has 2 unspecified atom stereocenters. The minimum atomic E-state index is -0.561. The van der Waals surface area contributed by atoms with E-state index in [9.17, 15) is 4.79 Å². The van der Waals surface area contributed by atoms with Gasteiger partial charge in [0.1, 0.15) is 5.92 Å². The average molecular weight is 271 g/mol. The van der Waals surface area contributed by atoms with Gasteiger partial charge in [-0.25, -0.2) is 0 Å². The molecule has 19 heavy (non-hydrogen) atoms. The Morgan fingerprint density at radius 1 is 1.37 bits per heavy atom. The topological polar surface area (TPSA) is 87.7 Å². The van der Waals surface area contributed by atoms with Crippen LogP contribution in [0.1, 0.15) is 53.4 Å². The lowest BCUT2D eigenvalue weighted by atomic mass is 9.93. The lowest BCUT2D eigenvalue weighted by Gasteiger charge is -2.21. The standard InChI is InChI=1S/C14H29N3O2/c1-5-7-8-11(6-2)9-16-14(18)12(10(3)4)13(15)17-19/h10-12,19H,5-9H2,1-4H3,(H2,15,17)(H,16,18). The van der Waals surface area contributed by atoms with Crippen molar-refractivity contribution in [3.05, 3.63) is 0 Å². The molecule has 0 bridgehead atoms. The molecule has 0 aliphatic rings. The van der Waals surface area contributed by atoms with E-state index in [1.165, 1.54) is 12.8 Å². The van der Waals surface area contributed by atoms with E-state index < -0.39 is 5.92 Å². The largest absolute Gasteiger partial charge is 0.409 e. The first kappa shape index (κ1) is 17.7. The number of amidine groups is 1. The number of nitrogens with two attached hydrogens (primary N) is 1. The molecule has 0 heterocycles. The summed E-state index contributed by atoms with van der Waals surface area (Å²) in [5.74, 6) is -0.223. The van der Waals surface area contributed by atoms with Crippen molar-refractivity contribution in [1.82, 2.24) is 5.32 Å². The van der Waals surface area contributed by atoms with Gasteiger partial charge >= 0.3 is 0 Å². The number of unbranched alkanes of at least 4 members (excludes halogenated alkanes) is 1. The number of hydrogen-bond donors (Lipinski definition) is 3. The van der Waals surface area contributed by atoms with Gasteiger partial charge in [-0.3, -0.25) is 4.79 Å². The third kappa shape index (κ3) is 6.45. The number of nitrogens with zero attached hydrogens (tertiary/aromatic N) is 1. The van der Waals surface area contributed by atoms with Gasteiger partial charge in [-0.2, -0.15) is 0 Å². The highest BCUT2D eigenvalue weighted by molar-refractivity contribution is 6.02. The second-order valence-corrected chi connectivity index (χ2v) is 5.41. The van der Waals surface area contributed by atoms with Crippen molar-refractivity contribution in [2.45, 2.75) is 53.4 Å². The molecular formula is C14H29N3O2. The van der Waals surface area contributed by atoms with Crippen molar-refractivity contribution < 1.29 is 10.0 Å². The highest BCUT2D eigenvalue weighted by atomic mass is 16.4. The Bertz CT molecular complexity index is 290. The molecule has 0 aromatic rings. The fourth-order valence-corrected chi connectivity index (χ4v) is 2.14. The van der Waals surface area contributed by atoms with Gasteiger partial charge in [0.15, 0.2) is 5.84 Å². The molecule has 0 saturated carbocycles. The van der Waals surface area contributed by atoms with Crippen LogP contribution in [-0.4, -0.2) is 23.5 Å². The van der Waals surface area contributed by atoms with E-state index in [4.69, 9.17) is 10.9 Å².